The third kappa shape index (κ3) is 5.62. The third-order valence-electron chi connectivity index (χ3n) is 1.35. The Morgan fingerprint density at radius 3 is 1.81 bits per heavy atom. The first-order chi connectivity index (χ1) is 6.29. The molecule has 0 aromatic heterocycles. The standard InChI is InChI=1S/C8H4Cl2F3O.BrH.Zn/c1-4-6(9)2-5(3-7(4)10)14-8(11,12)13;;/h2-3H,1H2;1H;/q-1;;+2/p-1. The van der Waals surface area contributed by atoms with E-state index in [4.69, 9.17) is 23.2 Å². The molecule has 0 spiro atoms. The maximum atomic E-state index is 11.8. The second-order valence-corrected chi connectivity index (χ2v) is 3.23. The number of ether oxygens (including phenoxy) is 1. The molecule has 0 saturated carbocycles. The number of hydrogen-bond acceptors (Lipinski definition) is 1. The molecule has 0 N–H and O–H groups in total. The number of rotatable bonds is 1. The van der Waals surface area contributed by atoms with Gasteiger partial charge in [0, 0.05) is 0 Å². The minimum atomic E-state index is -4.75. The van der Waals surface area contributed by atoms with Crippen molar-refractivity contribution in [1.29, 1.82) is 0 Å². The summed E-state index contributed by atoms with van der Waals surface area (Å²) in [6, 6.07) is 2.01. The van der Waals surface area contributed by atoms with Crippen LogP contribution in [-0.4, -0.2) is 6.36 Å². The average molecular weight is 389 g/mol. The molecule has 0 radical (unpaired) electrons. The van der Waals surface area contributed by atoms with Crippen molar-refractivity contribution < 1.29 is 54.4 Å². The zero-order valence-electron chi connectivity index (χ0n) is 7.74. The van der Waals surface area contributed by atoms with E-state index in [-0.39, 0.29) is 52.1 Å². The van der Waals surface area contributed by atoms with Gasteiger partial charge in [-0.2, -0.15) is 35.7 Å². The van der Waals surface area contributed by atoms with Gasteiger partial charge in [0.1, 0.15) is 5.75 Å². The van der Waals surface area contributed by atoms with Crippen LogP contribution in [0.4, 0.5) is 13.2 Å². The first-order valence-corrected chi connectivity index (χ1v) is 4.12. The summed E-state index contributed by atoms with van der Waals surface area (Å²) in [6.07, 6.45) is -4.75. The monoisotopic (exact) mass is 386 g/mol. The van der Waals surface area contributed by atoms with Crippen molar-refractivity contribution in [3.05, 3.63) is 34.7 Å². The van der Waals surface area contributed by atoms with E-state index in [1.54, 1.807) is 0 Å². The molecule has 0 heterocycles. The Bertz CT molecular complexity index is 337. The van der Waals surface area contributed by atoms with Crippen LogP contribution in [0.3, 0.4) is 0 Å². The summed E-state index contributed by atoms with van der Waals surface area (Å²) in [5, 5.41) is 0.0495. The van der Waals surface area contributed by atoms with E-state index in [1.165, 1.54) is 0 Å². The largest absolute Gasteiger partial charge is 2.00 e. The van der Waals surface area contributed by atoms with Crippen molar-refractivity contribution in [2.45, 2.75) is 6.36 Å². The summed E-state index contributed by atoms with van der Waals surface area (Å²) < 4.78 is 39.0. The first kappa shape index (κ1) is 18.7. The van der Waals surface area contributed by atoms with E-state index in [9.17, 15) is 13.2 Å². The van der Waals surface area contributed by atoms with Crippen LogP contribution in [-0.2, 0) is 19.5 Å². The Morgan fingerprint density at radius 2 is 1.50 bits per heavy atom. The van der Waals surface area contributed by atoms with Crippen LogP contribution < -0.4 is 21.7 Å². The van der Waals surface area contributed by atoms with Crippen LogP contribution >= 0.6 is 23.2 Å². The summed E-state index contributed by atoms with van der Waals surface area (Å²) in [5.41, 5.74) is 0.267. The van der Waals surface area contributed by atoms with Crippen molar-refractivity contribution in [2.24, 2.45) is 0 Å². The van der Waals surface area contributed by atoms with Crippen LogP contribution in [0.5, 0.6) is 5.75 Å². The van der Waals surface area contributed by atoms with Gasteiger partial charge in [-0.25, -0.2) is 0 Å². The zero-order chi connectivity index (χ0) is 10.9. The summed E-state index contributed by atoms with van der Waals surface area (Å²) in [5.74, 6) is -0.458. The smallest absolute Gasteiger partial charge is 1.00 e. The molecular weight excluding hydrogens is 385 g/mol. The van der Waals surface area contributed by atoms with Crippen molar-refractivity contribution in [1.82, 2.24) is 0 Å². The molecule has 0 saturated heterocycles. The van der Waals surface area contributed by atoms with Gasteiger partial charge in [-0.15, -0.1) is 13.2 Å². The van der Waals surface area contributed by atoms with E-state index in [0.29, 0.717) is 0 Å². The molecule has 8 heteroatoms. The van der Waals surface area contributed by atoms with E-state index in [2.05, 4.69) is 11.7 Å². The van der Waals surface area contributed by atoms with Crippen molar-refractivity contribution >= 4 is 23.2 Å². The van der Waals surface area contributed by atoms with Gasteiger partial charge in [-0.1, -0.05) is 22.2 Å². The van der Waals surface area contributed by atoms with Gasteiger partial charge in [0.25, 0.3) is 0 Å². The average Bonchev–Trinajstić information content (AvgIpc) is 1.96. The van der Waals surface area contributed by atoms with E-state index < -0.39 is 12.1 Å². The molecule has 0 aliphatic heterocycles. The summed E-state index contributed by atoms with van der Waals surface area (Å²) in [7, 11) is 0. The first-order valence-electron chi connectivity index (χ1n) is 3.36. The fourth-order valence-electron chi connectivity index (χ4n) is 0.772. The van der Waals surface area contributed by atoms with E-state index >= 15 is 0 Å². The Labute approximate surface area is 124 Å². The van der Waals surface area contributed by atoms with Crippen LogP contribution in [0.1, 0.15) is 5.56 Å². The van der Waals surface area contributed by atoms with Crippen LogP contribution in [0.2, 0.25) is 10.0 Å². The SMILES string of the molecule is [Br-].[CH2-]c1c(Cl)cc(OC(F)(F)F)cc1Cl.[Zn+2]. The Morgan fingerprint density at radius 1 is 1.12 bits per heavy atom. The molecule has 0 bridgehead atoms. The minimum Gasteiger partial charge on any atom is -1.00 e. The molecular formula is C8H4BrCl2F3OZn. The molecule has 86 valence electrons. The second kappa shape index (κ2) is 6.94. The third-order valence-corrected chi connectivity index (χ3v) is 2.02. The normalized spacial score (nSPS) is 10.1. The number of halogens is 6. The van der Waals surface area contributed by atoms with Crippen molar-refractivity contribution in [3.8, 4) is 5.75 Å². The number of alkyl halides is 3. The van der Waals surface area contributed by atoms with Gasteiger partial charge >= 0.3 is 25.8 Å². The summed E-state index contributed by atoms with van der Waals surface area (Å²) >= 11 is 11.1. The second-order valence-electron chi connectivity index (χ2n) is 2.41. The molecule has 1 aromatic rings. The molecule has 0 amide bonds. The van der Waals surface area contributed by atoms with Gasteiger partial charge in [0.15, 0.2) is 0 Å². The molecule has 1 rings (SSSR count). The molecule has 0 atom stereocenters. The Balaban J connectivity index is 0. The van der Waals surface area contributed by atoms with Crippen LogP contribution in [0.25, 0.3) is 0 Å². The van der Waals surface area contributed by atoms with E-state index in [0.717, 1.165) is 12.1 Å². The molecule has 1 aromatic carbocycles. The predicted octanol–water partition coefficient (Wildman–Crippen LogP) is 1.08. The maximum absolute atomic E-state index is 11.8. The maximum Gasteiger partial charge on any atom is 2.00 e. The van der Waals surface area contributed by atoms with Gasteiger partial charge in [0.2, 0.25) is 0 Å². The molecule has 1 nitrogen and oxygen atoms in total. The summed E-state index contributed by atoms with van der Waals surface area (Å²) in [4.78, 5) is 0. The zero-order valence-corrected chi connectivity index (χ0v) is 13.8. The van der Waals surface area contributed by atoms with Gasteiger partial charge in [0.05, 0.1) is 0 Å². The van der Waals surface area contributed by atoms with E-state index in [1.807, 2.05) is 0 Å². The van der Waals surface area contributed by atoms with Gasteiger partial charge < -0.3 is 21.7 Å². The summed E-state index contributed by atoms with van der Waals surface area (Å²) in [6.45, 7) is 3.46. The minimum absolute atomic E-state index is 0. The fourth-order valence-corrected chi connectivity index (χ4v) is 1.24. The molecule has 0 unspecified atom stereocenters. The van der Waals surface area contributed by atoms with Crippen LogP contribution in [0.15, 0.2) is 12.1 Å². The topological polar surface area (TPSA) is 9.23 Å². The number of hydrogen-bond donors (Lipinski definition) is 0. The number of benzene rings is 1. The Kier molecular flexibility index (Phi) is 8.13. The fraction of sp³-hybridized carbons (Fsp3) is 0.125. The van der Waals surface area contributed by atoms with Gasteiger partial charge in [-0.3, -0.25) is 0 Å². The van der Waals surface area contributed by atoms with Gasteiger partial charge in [-0.05, 0) is 0 Å². The predicted molar refractivity (Wildman–Crippen MR) is 47.6 cm³/mol. The molecule has 0 fully saturated rings. The molecule has 0 aliphatic rings. The van der Waals surface area contributed by atoms with Crippen molar-refractivity contribution in [2.75, 3.05) is 0 Å². The quantitative estimate of drug-likeness (QED) is 0.516. The molecule has 0 aliphatic carbocycles. The van der Waals surface area contributed by atoms with Crippen LogP contribution in [0, 0.1) is 6.92 Å². The molecule has 16 heavy (non-hydrogen) atoms. The van der Waals surface area contributed by atoms with Crippen molar-refractivity contribution in [3.63, 3.8) is 0 Å². The Hall–Kier alpha value is 0.363.